The van der Waals surface area contributed by atoms with Crippen LogP contribution in [0.1, 0.15) is 70.3 Å². The zero-order chi connectivity index (χ0) is 25.9. The van der Waals surface area contributed by atoms with Gasteiger partial charge in [0, 0.05) is 62.8 Å². The van der Waals surface area contributed by atoms with Gasteiger partial charge in [-0.3, -0.25) is 4.79 Å². The number of aryl methyl sites for hydroxylation is 1. The van der Waals surface area contributed by atoms with E-state index in [2.05, 4.69) is 32.1 Å². The number of hydrogen-bond donors (Lipinski definition) is 2. The third kappa shape index (κ3) is 5.97. The minimum absolute atomic E-state index is 0.0682. The molecule has 6 nitrogen and oxygen atoms in total. The summed E-state index contributed by atoms with van der Waals surface area (Å²) in [4.78, 5) is 16.3. The molecule has 5 rings (SSSR count). The summed E-state index contributed by atoms with van der Waals surface area (Å²) >= 11 is 0. The molecule has 1 amide bonds. The first kappa shape index (κ1) is 26.1. The number of benzene rings is 1. The van der Waals surface area contributed by atoms with Gasteiger partial charge in [-0.05, 0) is 100.0 Å². The van der Waals surface area contributed by atoms with Crippen LogP contribution in [-0.2, 0) is 4.79 Å². The van der Waals surface area contributed by atoms with Gasteiger partial charge in [-0.15, -0.1) is 0 Å². The van der Waals surface area contributed by atoms with Crippen molar-refractivity contribution >= 4 is 11.6 Å². The highest BCUT2D eigenvalue weighted by atomic mass is 19.1. The van der Waals surface area contributed by atoms with Crippen LogP contribution in [0.3, 0.4) is 0 Å². The molecule has 3 heterocycles. The molecule has 1 aliphatic carbocycles. The predicted molar refractivity (Wildman–Crippen MR) is 147 cm³/mol. The maximum atomic E-state index is 13.5. The van der Waals surface area contributed by atoms with E-state index >= 15 is 0 Å². The number of amides is 1. The Labute approximate surface area is 221 Å². The topological polar surface area (TPSA) is 50.9 Å². The lowest BCUT2D eigenvalue weighted by Crippen LogP contribution is -2.48. The van der Waals surface area contributed by atoms with Gasteiger partial charge in [0.05, 0.1) is 6.04 Å². The van der Waals surface area contributed by atoms with Crippen LogP contribution in [0.15, 0.2) is 41.7 Å². The molecule has 202 valence electrons. The fourth-order valence-electron chi connectivity index (χ4n) is 6.85. The number of allylic oxidation sites excluding steroid dienone is 1. The normalized spacial score (nSPS) is 23.4. The highest BCUT2D eigenvalue weighted by Gasteiger charge is 2.36. The number of halogens is 1. The molecule has 2 fully saturated rings. The van der Waals surface area contributed by atoms with Crippen LogP contribution in [0.5, 0.6) is 0 Å². The summed E-state index contributed by atoms with van der Waals surface area (Å²) in [6.45, 7) is 13.2. The Morgan fingerprint density at radius 3 is 2.54 bits per heavy atom. The van der Waals surface area contributed by atoms with Crippen LogP contribution >= 0.6 is 0 Å². The summed E-state index contributed by atoms with van der Waals surface area (Å²) in [5.74, 6) is 0.640. The number of rotatable bonds is 7. The third-order valence-corrected chi connectivity index (χ3v) is 8.96. The zero-order valence-corrected chi connectivity index (χ0v) is 22.7. The maximum Gasteiger partial charge on any atom is 0.217 e. The number of carbonyl (C=O) groups excluding carboxylic acids is 1. The summed E-state index contributed by atoms with van der Waals surface area (Å²) in [6.07, 6.45) is 10.4. The molecule has 4 aliphatic rings. The molecule has 0 aromatic heterocycles. The molecule has 0 bridgehead atoms. The van der Waals surface area contributed by atoms with Crippen molar-refractivity contribution < 1.29 is 9.18 Å². The van der Waals surface area contributed by atoms with Gasteiger partial charge in [0.2, 0.25) is 5.91 Å². The van der Waals surface area contributed by atoms with Gasteiger partial charge in [0.1, 0.15) is 5.82 Å². The van der Waals surface area contributed by atoms with Gasteiger partial charge in [-0.1, -0.05) is 6.58 Å². The number of hydrogen-bond acceptors (Lipinski definition) is 5. The third-order valence-electron chi connectivity index (χ3n) is 8.96. The Bertz CT molecular complexity index is 1020. The van der Waals surface area contributed by atoms with Crippen LogP contribution in [0, 0.1) is 18.7 Å². The highest BCUT2D eigenvalue weighted by molar-refractivity contribution is 5.73. The van der Waals surface area contributed by atoms with Crippen LogP contribution in [0.2, 0.25) is 0 Å². The lowest BCUT2D eigenvalue weighted by atomic mass is 9.90. The fraction of sp³-hybridized carbons (Fsp3) is 0.633. The molecular weight excluding hydrogens is 465 g/mol. The van der Waals surface area contributed by atoms with Crippen molar-refractivity contribution in [1.29, 1.82) is 0 Å². The van der Waals surface area contributed by atoms with Crippen molar-refractivity contribution in [1.82, 2.24) is 20.7 Å². The first-order valence-electron chi connectivity index (χ1n) is 14.4. The molecule has 37 heavy (non-hydrogen) atoms. The van der Waals surface area contributed by atoms with Gasteiger partial charge in [0.25, 0.3) is 0 Å². The van der Waals surface area contributed by atoms with Crippen molar-refractivity contribution in [2.75, 3.05) is 37.6 Å². The summed E-state index contributed by atoms with van der Waals surface area (Å²) in [5.41, 5.74) is 10.3. The predicted octanol–water partition coefficient (Wildman–Crippen LogP) is 4.87. The highest BCUT2D eigenvalue weighted by Crippen LogP contribution is 2.37. The number of piperidine rings is 2. The smallest absolute Gasteiger partial charge is 0.217 e. The monoisotopic (exact) mass is 509 g/mol. The van der Waals surface area contributed by atoms with E-state index in [0.29, 0.717) is 0 Å². The molecule has 0 saturated carbocycles. The average molecular weight is 510 g/mol. The molecular formula is C30H44FN5O. The summed E-state index contributed by atoms with van der Waals surface area (Å²) in [6, 6.07) is 5.67. The largest absolute Gasteiger partial charge is 0.374 e. The van der Waals surface area contributed by atoms with E-state index in [0.717, 1.165) is 57.0 Å². The summed E-state index contributed by atoms with van der Waals surface area (Å²) < 4.78 is 13.5. The number of nitrogens with zero attached hydrogens (tertiary/aromatic N) is 3. The van der Waals surface area contributed by atoms with Crippen molar-refractivity contribution in [3.8, 4) is 0 Å². The molecule has 0 spiro atoms. The van der Waals surface area contributed by atoms with Gasteiger partial charge in [0.15, 0.2) is 0 Å². The summed E-state index contributed by atoms with van der Waals surface area (Å²) in [7, 11) is 0. The summed E-state index contributed by atoms with van der Waals surface area (Å²) in [5, 5.41) is 5.54. The SMILES string of the molecule is C=C(C1NN(CCC2CCN(c3ccc(F)cc3C)CC2)C2=C1CCCC2)N1CCC(NC(C)=O)CC1. The number of nitrogens with one attached hydrogen (secondary N) is 2. The minimum atomic E-state index is -0.152. The molecule has 3 aliphatic heterocycles. The van der Waals surface area contributed by atoms with Crippen LogP contribution in [0.25, 0.3) is 0 Å². The first-order valence-corrected chi connectivity index (χ1v) is 14.4. The Balaban J connectivity index is 1.14. The quantitative estimate of drug-likeness (QED) is 0.549. The maximum absolute atomic E-state index is 13.5. The van der Waals surface area contributed by atoms with Gasteiger partial charge in [-0.25, -0.2) is 9.82 Å². The lowest BCUT2D eigenvalue weighted by molar-refractivity contribution is -0.119. The second-order valence-electron chi connectivity index (χ2n) is 11.5. The zero-order valence-electron chi connectivity index (χ0n) is 22.7. The van der Waals surface area contributed by atoms with E-state index in [1.54, 1.807) is 24.6 Å². The number of carbonyl (C=O) groups is 1. The lowest BCUT2D eigenvalue weighted by Gasteiger charge is -2.38. The molecule has 1 aromatic carbocycles. The molecule has 7 heteroatoms. The van der Waals surface area contributed by atoms with Crippen LogP contribution in [-0.4, -0.2) is 60.6 Å². The first-order chi connectivity index (χ1) is 17.9. The standard InChI is InChI=1S/C30H44FN5O/c1-21-20-25(31)8-9-28(21)35-15-10-24(11-16-35)12-19-36-29-7-5-4-6-27(29)30(33-36)22(2)34-17-13-26(14-18-34)32-23(3)37/h8-9,20,24,26,30,33H,2,4-7,10-19H2,1,3H3,(H,32,37). The second kappa shape index (κ2) is 11.5. The van der Waals surface area contributed by atoms with E-state index in [-0.39, 0.29) is 23.8 Å². The molecule has 2 saturated heterocycles. The van der Waals surface area contributed by atoms with E-state index in [1.807, 2.05) is 13.0 Å². The van der Waals surface area contributed by atoms with E-state index in [1.165, 1.54) is 62.0 Å². The number of hydrazine groups is 1. The minimum Gasteiger partial charge on any atom is -0.374 e. The van der Waals surface area contributed by atoms with E-state index < -0.39 is 0 Å². The molecule has 1 aromatic rings. The van der Waals surface area contributed by atoms with Gasteiger partial charge in [-0.2, -0.15) is 0 Å². The average Bonchev–Trinajstić information content (AvgIpc) is 3.26. The van der Waals surface area contributed by atoms with Crippen molar-refractivity contribution in [3.05, 3.63) is 53.1 Å². The Morgan fingerprint density at radius 1 is 1.11 bits per heavy atom. The van der Waals surface area contributed by atoms with Crippen LogP contribution in [0.4, 0.5) is 10.1 Å². The van der Waals surface area contributed by atoms with Crippen molar-refractivity contribution in [2.24, 2.45) is 5.92 Å². The molecule has 1 unspecified atom stereocenters. The Morgan fingerprint density at radius 2 is 1.84 bits per heavy atom. The van der Waals surface area contributed by atoms with Crippen molar-refractivity contribution in [2.45, 2.75) is 83.7 Å². The number of likely N-dealkylation sites (tertiary alicyclic amines) is 1. The Hall–Kier alpha value is -2.54. The Kier molecular flexibility index (Phi) is 8.08. The molecule has 1 atom stereocenters. The van der Waals surface area contributed by atoms with E-state index in [9.17, 15) is 9.18 Å². The van der Waals surface area contributed by atoms with Crippen LogP contribution < -0.4 is 15.6 Å². The second-order valence-corrected chi connectivity index (χ2v) is 11.5. The molecule has 0 radical (unpaired) electrons. The van der Waals surface area contributed by atoms with E-state index in [4.69, 9.17) is 0 Å². The van der Waals surface area contributed by atoms with Gasteiger partial charge >= 0.3 is 0 Å². The number of anilines is 1. The van der Waals surface area contributed by atoms with Crippen molar-refractivity contribution in [3.63, 3.8) is 0 Å². The van der Waals surface area contributed by atoms with Gasteiger partial charge < -0.3 is 20.1 Å². The fourth-order valence-corrected chi connectivity index (χ4v) is 6.85. The molecule has 2 N–H and O–H groups in total.